The highest BCUT2D eigenvalue weighted by Crippen LogP contribution is 2.35. The molecule has 0 bridgehead atoms. The van der Waals surface area contributed by atoms with Crippen LogP contribution in [0.2, 0.25) is 0 Å². The predicted octanol–water partition coefficient (Wildman–Crippen LogP) is 13.4. The van der Waals surface area contributed by atoms with E-state index in [1.807, 2.05) is 121 Å². The predicted molar refractivity (Wildman–Crippen MR) is 307 cm³/mol. The Kier molecular flexibility index (Phi) is 16.5. The molecule has 390 valence electrons. The molecule has 8 aromatic carbocycles. The molecule has 0 aliphatic rings. The Morgan fingerprint density at radius 1 is 0.487 bits per heavy atom. The molecule has 11 nitrogen and oxygen atoms in total. The van der Waals surface area contributed by atoms with Crippen LogP contribution in [0.1, 0.15) is 61.7 Å². The van der Waals surface area contributed by atoms with Crippen LogP contribution in [0, 0.1) is 6.92 Å². The second-order valence-corrected chi connectivity index (χ2v) is 20.9. The van der Waals surface area contributed by atoms with Gasteiger partial charge >= 0.3 is 0 Å². The third kappa shape index (κ3) is 13.9. The number of para-hydroxylation sites is 2. The molecule has 2 heterocycles. The van der Waals surface area contributed by atoms with Gasteiger partial charge in [-0.15, -0.1) is 0 Å². The van der Waals surface area contributed by atoms with Crippen molar-refractivity contribution in [2.24, 2.45) is 0 Å². The number of rotatable bonds is 21. The number of fused-ring (bicyclic) bond motifs is 6. The van der Waals surface area contributed by atoms with Crippen molar-refractivity contribution in [3.63, 3.8) is 0 Å². The van der Waals surface area contributed by atoms with Crippen LogP contribution in [0.15, 0.2) is 182 Å². The van der Waals surface area contributed by atoms with Crippen LogP contribution < -0.4 is 29.6 Å². The number of hydrogen-bond acceptors (Lipinski definition) is 9. The quantitative estimate of drug-likeness (QED) is 0.0387. The number of aryl methyl sites for hydroxylation is 1. The lowest BCUT2D eigenvalue weighted by atomic mass is 9.94. The van der Waals surface area contributed by atoms with Gasteiger partial charge in [-0.3, -0.25) is 4.79 Å². The van der Waals surface area contributed by atoms with Crippen LogP contribution in [0.4, 0.5) is 0 Å². The van der Waals surface area contributed by atoms with E-state index in [2.05, 4.69) is 91.6 Å². The summed E-state index contributed by atoms with van der Waals surface area (Å²) in [4.78, 5) is 18.3. The van der Waals surface area contributed by atoms with Gasteiger partial charge in [0.05, 0.1) is 11.0 Å². The van der Waals surface area contributed by atoms with Crippen molar-refractivity contribution in [1.82, 2.24) is 20.6 Å². The molecular weight excluding hydrogens is 949 g/mol. The first kappa shape index (κ1) is 52.9. The Morgan fingerprint density at radius 3 is 1.26 bits per heavy atom. The fourth-order valence-electron chi connectivity index (χ4n) is 9.39. The van der Waals surface area contributed by atoms with Crippen LogP contribution in [0.5, 0.6) is 34.5 Å². The zero-order valence-corrected chi connectivity index (χ0v) is 44.2. The number of β-amino-alcohol motifs (C(OH)–C–C–N with tert-alkyl or cyclic N) is 2. The van der Waals surface area contributed by atoms with E-state index in [9.17, 15) is 15.0 Å². The number of ketones is 1. The van der Waals surface area contributed by atoms with Crippen LogP contribution in [-0.4, -0.2) is 75.6 Å². The van der Waals surface area contributed by atoms with E-state index < -0.39 is 12.2 Å². The Hall–Kier alpha value is -7.93. The molecule has 0 amide bonds. The van der Waals surface area contributed by atoms with Gasteiger partial charge in [0.2, 0.25) is 0 Å². The second kappa shape index (κ2) is 23.7. The van der Waals surface area contributed by atoms with E-state index in [4.69, 9.17) is 18.9 Å². The van der Waals surface area contributed by atoms with Crippen LogP contribution in [0.3, 0.4) is 0 Å². The first-order valence-electron chi connectivity index (χ1n) is 26.0. The third-order valence-electron chi connectivity index (χ3n) is 13.4. The highest BCUT2D eigenvalue weighted by Gasteiger charge is 2.22. The van der Waals surface area contributed by atoms with Crippen molar-refractivity contribution in [3.05, 3.63) is 204 Å². The maximum absolute atomic E-state index is 11.4. The molecule has 0 radical (unpaired) electrons. The number of Topliss-reactive ketones (excluding diaryl/α,β-unsaturated/α-hetero) is 1. The summed E-state index contributed by atoms with van der Waals surface area (Å²) < 4.78 is 24.0. The van der Waals surface area contributed by atoms with E-state index in [1.54, 1.807) is 31.2 Å². The number of aromatic nitrogens is 2. The topological polar surface area (TPSA) is 150 Å². The van der Waals surface area contributed by atoms with Crippen LogP contribution in [-0.2, 0) is 12.8 Å². The smallest absolute Gasteiger partial charge is 0.159 e. The number of nitrogens with one attached hydrogen (secondary N) is 4. The molecule has 0 aliphatic heterocycles. The maximum atomic E-state index is 11.4. The SMILES string of the molecule is CC(=O)c1ccc(Oc2ccc(CC(C)(C)NC[C@H](O)COc3cccc4[nH]c5ccccc5c34)cc2)cc1.Cc1ccc(Oc2ccc(CC(C)(C)NC[C@H](O)COc3cccc4[nH]c5ccccc5c34)cc2)cc1. The van der Waals surface area contributed by atoms with Crippen molar-refractivity contribution in [2.45, 2.75) is 77.7 Å². The highest BCUT2D eigenvalue weighted by molar-refractivity contribution is 6.11. The fraction of sp³-hybridized carbons (Fsp3) is 0.246. The van der Waals surface area contributed by atoms with Crippen molar-refractivity contribution >= 4 is 49.4 Å². The van der Waals surface area contributed by atoms with Gasteiger partial charge in [0, 0.05) is 62.3 Å². The summed E-state index contributed by atoms with van der Waals surface area (Å²) >= 11 is 0. The van der Waals surface area contributed by atoms with Gasteiger partial charge in [-0.1, -0.05) is 90.5 Å². The summed E-state index contributed by atoms with van der Waals surface area (Å²) in [5.41, 5.74) is 7.99. The molecule has 6 N–H and O–H groups in total. The summed E-state index contributed by atoms with van der Waals surface area (Å²) in [7, 11) is 0. The van der Waals surface area contributed by atoms with Gasteiger partial charge < -0.3 is 49.8 Å². The first-order chi connectivity index (χ1) is 36.6. The Balaban J connectivity index is 0.000000186. The van der Waals surface area contributed by atoms with Crippen molar-refractivity contribution < 1.29 is 34.0 Å². The molecular formula is C65H68N4O7. The lowest BCUT2D eigenvalue weighted by Crippen LogP contribution is -2.46. The number of aliphatic hydroxyl groups is 2. The molecule has 0 saturated carbocycles. The number of hydrogen-bond donors (Lipinski definition) is 6. The van der Waals surface area contributed by atoms with Crippen molar-refractivity contribution in [1.29, 1.82) is 0 Å². The van der Waals surface area contributed by atoms with Gasteiger partial charge in [-0.05, 0) is 163 Å². The largest absolute Gasteiger partial charge is 0.490 e. The van der Waals surface area contributed by atoms with Gasteiger partial charge in [0.25, 0.3) is 0 Å². The Bertz CT molecular complexity index is 3510. The molecule has 0 aliphatic carbocycles. The third-order valence-corrected chi connectivity index (χ3v) is 13.4. The average molecular weight is 1020 g/mol. The van der Waals surface area contributed by atoms with Crippen molar-refractivity contribution in [3.8, 4) is 34.5 Å². The summed E-state index contributed by atoms with van der Waals surface area (Å²) in [5, 5.41) is 32.6. The lowest BCUT2D eigenvalue weighted by Gasteiger charge is -2.28. The van der Waals surface area contributed by atoms with Gasteiger partial charge in [-0.25, -0.2) is 0 Å². The summed E-state index contributed by atoms with van der Waals surface area (Å²) in [6.07, 6.45) is 0.308. The summed E-state index contributed by atoms with van der Waals surface area (Å²) in [5.74, 6) is 4.64. The number of H-pyrrole nitrogens is 2. The second-order valence-electron chi connectivity index (χ2n) is 20.9. The van der Waals surface area contributed by atoms with Crippen LogP contribution >= 0.6 is 0 Å². The average Bonchev–Trinajstić information content (AvgIpc) is 4.01. The Labute approximate surface area is 444 Å². The maximum Gasteiger partial charge on any atom is 0.159 e. The fourth-order valence-corrected chi connectivity index (χ4v) is 9.39. The first-order valence-corrected chi connectivity index (χ1v) is 26.0. The standard InChI is InChI=1S/C33H34N2O4.C32H34N2O3/c1-22(36)24-13-17-27(18-14-24)39-26-15-11-23(12-16-26)19-33(2,3)34-20-25(37)21-38-31-10-6-9-30-32(31)28-7-4-5-8-29(28)35-30;1-22-11-15-25(16-12-22)37-26-17-13-23(14-18-26)19-32(2,3)33-20-24(35)21-36-30-10-6-9-29-31(30)27-7-4-5-8-28(27)34-29/h4-18,25,34-35,37H,19-21H2,1-3H3;4-18,24,33-35H,19-21H2,1-3H3/t25-;24-/m00/s1. The zero-order chi connectivity index (χ0) is 53.2. The van der Waals surface area contributed by atoms with E-state index in [0.717, 1.165) is 90.8 Å². The number of carbonyl (C=O) groups is 1. The van der Waals surface area contributed by atoms with E-state index in [0.29, 0.717) is 24.4 Å². The molecule has 2 aromatic heterocycles. The minimum absolute atomic E-state index is 0.0326. The van der Waals surface area contributed by atoms with E-state index >= 15 is 0 Å². The number of aliphatic hydroxyl groups excluding tert-OH is 2. The minimum atomic E-state index is -0.657. The highest BCUT2D eigenvalue weighted by atomic mass is 16.5. The summed E-state index contributed by atoms with van der Waals surface area (Å²) in [6, 6.07) is 59.6. The lowest BCUT2D eigenvalue weighted by molar-refractivity contribution is 0.0996. The normalized spacial score (nSPS) is 12.6. The molecule has 10 aromatic rings. The molecule has 0 saturated heterocycles. The summed E-state index contributed by atoms with van der Waals surface area (Å²) in [6.45, 7) is 13.4. The molecule has 2 atom stereocenters. The molecule has 0 fully saturated rings. The molecule has 0 unspecified atom stereocenters. The van der Waals surface area contributed by atoms with Crippen LogP contribution in [0.25, 0.3) is 43.6 Å². The van der Waals surface area contributed by atoms with Gasteiger partial charge in [0.15, 0.2) is 5.78 Å². The van der Waals surface area contributed by atoms with Gasteiger partial charge in [0.1, 0.15) is 59.9 Å². The van der Waals surface area contributed by atoms with Gasteiger partial charge in [-0.2, -0.15) is 0 Å². The van der Waals surface area contributed by atoms with E-state index in [-0.39, 0.29) is 30.1 Å². The number of carbonyl (C=O) groups excluding carboxylic acids is 1. The van der Waals surface area contributed by atoms with Crippen molar-refractivity contribution in [2.75, 3.05) is 26.3 Å². The molecule has 76 heavy (non-hydrogen) atoms. The van der Waals surface area contributed by atoms with E-state index in [1.165, 1.54) is 11.1 Å². The molecule has 11 heteroatoms. The molecule has 0 spiro atoms. The number of aromatic amines is 2. The Morgan fingerprint density at radius 2 is 0.855 bits per heavy atom. The zero-order valence-electron chi connectivity index (χ0n) is 44.2. The number of ether oxygens (including phenoxy) is 4. The minimum Gasteiger partial charge on any atom is -0.490 e. The number of benzene rings is 8. The monoisotopic (exact) mass is 1020 g/mol. The molecule has 10 rings (SSSR count).